The highest BCUT2D eigenvalue weighted by Crippen LogP contribution is 2.55. The number of nitrogen functional groups attached to an aromatic ring is 1. The van der Waals surface area contributed by atoms with Crippen molar-refractivity contribution in [3.63, 3.8) is 0 Å². The van der Waals surface area contributed by atoms with Crippen LogP contribution in [0.4, 0.5) is 5.13 Å². The van der Waals surface area contributed by atoms with Crippen LogP contribution in [0.5, 0.6) is 23.0 Å². The minimum Gasteiger partial charge on any atom is -0.497 e. The van der Waals surface area contributed by atoms with Crippen molar-refractivity contribution in [2.24, 2.45) is 10.3 Å². The molecule has 4 N–H and O–H groups in total. The Morgan fingerprint density at radius 1 is 0.753 bits per heavy atom. The average molecular weight is 1280 g/mol. The number of nitrogens with one attached hydrogen (secondary N) is 1. The van der Waals surface area contributed by atoms with Gasteiger partial charge in [0, 0.05) is 46.0 Å². The van der Waals surface area contributed by atoms with Gasteiger partial charge in [0.05, 0.1) is 25.8 Å². The van der Waals surface area contributed by atoms with Gasteiger partial charge in [-0.1, -0.05) is 137 Å². The van der Waals surface area contributed by atoms with Gasteiger partial charge in [-0.3, -0.25) is 14.4 Å². The minimum atomic E-state index is -1.66. The second kappa shape index (κ2) is 26.5. The molecule has 0 unspecified atom stereocenters. The molecule has 0 bridgehead atoms. The molecular weight excluding hydrogens is 1220 g/mol. The van der Waals surface area contributed by atoms with E-state index in [0.29, 0.717) is 28.2 Å². The van der Waals surface area contributed by atoms with Crippen LogP contribution in [0, 0.1) is 0 Å². The Morgan fingerprint density at radius 2 is 1.29 bits per heavy atom. The van der Waals surface area contributed by atoms with Gasteiger partial charge in [-0.2, -0.15) is 0 Å². The fourth-order valence-corrected chi connectivity index (χ4v) is 14.3. The molecule has 0 aliphatic carbocycles. The van der Waals surface area contributed by atoms with Crippen molar-refractivity contribution in [2.45, 2.75) is 85.4 Å². The monoisotopic (exact) mass is 1280 g/mol. The molecule has 0 saturated carbocycles. The van der Waals surface area contributed by atoms with Gasteiger partial charge in [-0.05, 0) is 82.1 Å². The summed E-state index contributed by atoms with van der Waals surface area (Å²) in [5.41, 5.74) is 5.29. The Hall–Kier alpha value is -8.77. The number of benzene rings is 6. The van der Waals surface area contributed by atoms with E-state index < -0.39 is 67.2 Å². The first-order valence-electron chi connectivity index (χ1n) is 28.1. The summed E-state index contributed by atoms with van der Waals surface area (Å²) in [6.07, 6.45) is 0. The predicted molar refractivity (Wildman–Crippen MR) is 340 cm³/mol. The number of nitrogens with zero attached hydrogens (tertiary/aromatic N) is 5. The van der Waals surface area contributed by atoms with Crippen molar-refractivity contribution >= 4 is 92.7 Å². The number of aromatic nitrogens is 1. The van der Waals surface area contributed by atoms with E-state index in [1.807, 2.05) is 140 Å². The molecule has 3 amide bonds. The third-order valence-electron chi connectivity index (χ3n) is 14.6. The maximum atomic E-state index is 15.5. The number of carboxylic acid groups (broad SMARTS) is 1. The maximum Gasteiger partial charge on any atom is 0.353 e. The van der Waals surface area contributed by atoms with E-state index in [1.54, 1.807) is 47.1 Å². The topological polar surface area (TPSA) is 252 Å². The van der Waals surface area contributed by atoms with Crippen LogP contribution in [0.15, 0.2) is 167 Å². The molecule has 89 heavy (non-hydrogen) atoms. The number of thioether (sulfide) groups is 2. The lowest BCUT2D eigenvalue weighted by Crippen LogP contribution is -2.68. The van der Waals surface area contributed by atoms with E-state index in [9.17, 15) is 24.3 Å². The van der Waals surface area contributed by atoms with Gasteiger partial charge < -0.3 is 59.3 Å². The number of halogens is 1. The number of likely N-dealkylation sites (tertiary alicyclic amines) is 1. The quantitative estimate of drug-likeness (QED) is 0.0167. The smallest absolute Gasteiger partial charge is 0.353 e. The summed E-state index contributed by atoms with van der Waals surface area (Å²) in [7, 11) is 3.17. The lowest BCUT2D eigenvalue weighted by molar-refractivity contribution is -0.179. The molecule has 3 aliphatic rings. The molecule has 3 atom stereocenters. The van der Waals surface area contributed by atoms with Crippen LogP contribution in [-0.4, -0.2) is 127 Å². The van der Waals surface area contributed by atoms with Crippen molar-refractivity contribution in [2.75, 3.05) is 39.6 Å². The summed E-state index contributed by atoms with van der Waals surface area (Å²) in [6.45, 7) is 7.96. The standard InChI is InChI=1S/C65H64ClN7O13S3/c1-62(2,3)84-60(79)63(4,5)85-71-52(48-37-87-61(67)68-48)55(74)69-53-57(76)73-38-64(59(77)78,89-58(53)73)88-46-33-72(34-46)56(75)51(70-86-65(41-17-11-8-12-18-41,42-19-13-9-14-20-42)43-21-15-10-16-22-43)47-31-32-49(82-35-39-23-27-44(80-6)28-24-39)54(50(47)66)83-36-40-25-29-45(81-7)30-26-40/h8-32,37,46,53,58H,33-36,38H2,1-7H3,(H2,67,68)(H,69,74)(H,77,78)/b70-51?,71-52-/t53-,58-,64-/m1/s1. The predicted octanol–water partition coefficient (Wildman–Crippen LogP) is 9.93. The number of esters is 1. The molecule has 20 nitrogen and oxygen atoms in total. The molecule has 10 rings (SSSR count). The number of hydrogen-bond acceptors (Lipinski definition) is 19. The van der Waals surface area contributed by atoms with Crippen LogP contribution < -0.4 is 30.0 Å². The number of fused-ring (bicyclic) bond motifs is 1. The van der Waals surface area contributed by atoms with Crippen LogP contribution in [-0.2, 0) is 57.2 Å². The molecule has 3 aliphatic heterocycles. The third kappa shape index (κ3) is 13.8. The number of carbonyl (C=O) groups excluding carboxylic acids is 4. The number of carboxylic acids is 1. The Morgan fingerprint density at radius 3 is 1.80 bits per heavy atom. The molecule has 1 aromatic heterocycles. The number of amides is 3. The van der Waals surface area contributed by atoms with E-state index in [1.165, 1.54) is 29.0 Å². The molecule has 4 heterocycles. The first-order chi connectivity index (χ1) is 42.6. The van der Waals surface area contributed by atoms with Gasteiger partial charge in [-0.25, -0.2) is 14.6 Å². The SMILES string of the molecule is COc1ccc(COc2ccc(C(=NOC(c3ccccc3)(c3ccccc3)c3ccccc3)C(=O)N3CC(S[C@]4(C(=O)O)CN5C(=O)[C@@H](NC(=O)/C(=N\OC(C)(C)C(=O)OC(C)(C)C)c6csc(N)n6)[C@H]5S4)C3)c(Cl)c2OCc2ccc(OC)cc2)cc1. The van der Waals surface area contributed by atoms with Crippen LogP contribution in [0.1, 0.15) is 73.7 Å². The minimum absolute atomic E-state index is 0.00748. The molecule has 0 spiro atoms. The summed E-state index contributed by atoms with van der Waals surface area (Å²) >= 11 is 10.7. The third-order valence-corrected chi connectivity index (χ3v) is 19.0. The molecule has 6 aromatic carbocycles. The average Bonchev–Trinajstić information content (AvgIpc) is 1.63. The largest absolute Gasteiger partial charge is 0.497 e. The van der Waals surface area contributed by atoms with Crippen molar-refractivity contribution in [3.8, 4) is 23.0 Å². The van der Waals surface area contributed by atoms with Gasteiger partial charge >= 0.3 is 11.9 Å². The Labute approximate surface area is 531 Å². The van der Waals surface area contributed by atoms with E-state index in [4.69, 9.17) is 55.8 Å². The number of hydrogen-bond donors (Lipinski definition) is 3. The lowest BCUT2D eigenvalue weighted by Gasteiger charge is -2.41. The van der Waals surface area contributed by atoms with Crippen molar-refractivity contribution in [3.05, 3.63) is 201 Å². The first-order valence-corrected chi connectivity index (χ1v) is 31.1. The van der Waals surface area contributed by atoms with Gasteiger partial charge in [0.15, 0.2) is 32.1 Å². The number of nitrogens with two attached hydrogens (primary N) is 1. The zero-order valence-corrected chi connectivity index (χ0v) is 52.7. The molecular formula is C65H64ClN7O13S3. The van der Waals surface area contributed by atoms with E-state index in [-0.39, 0.29) is 77.2 Å². The Kier molecular flexibility index (Phi) is 18.8. The molecule has 3 fully saturated rings. The second-order valence-electron chi connectivity index (χ2n) is 22.4. The highest BCUT2D eigenvalue weighted by Gasteiger charge is 2.64. The maximum absolute atomic E-state index is 15.5. The molecule has 462 valence electrons. The number of anilines is 1. The van der Waals surface area contributed by atoms with Crippen molar-refractivity contribution < 1.29 is 62.4 Å². The van der Waals surface area contributed by atoms with Gasteiger partial charge in [0.25, 0.3) is 11.8 Å². The lowest BCUT2D eigenvalue weighted by atomic mass is 9.80. The van der Waals surface area contributed by atoms with Crippen LogP contribution >= 0.6 is 46.5 Å². The van der Waals surface area contributed by atoms with Gasteiger partial charge in [0.2, 0.25) is 17.1 Å². The molecule has 3 saturated heterocycles. The fourth-order valence-electron chi connectivity index (χ4n) is 9.88. The van der Waals surface area contributed by atoms with Crippen LogP contribution in [0.25, 0.3) is 0 Å². The summed E-state index contributed by atoms with van der Waals surface area (Å²) in [4.78, 5) is 89.7. The number of methoxy groups -OCH3 is 2. The summed E-state index contributed by atoms with van der Waals surface area (Å²) in [5.74, 6) is -2.25. The molecule has 7 aromatic rings. The second-order valence-corrected chi connectivity index (χ2v) is 26.9. The summed E-state index contributed by atoms with van der Waals surface area (Å²) in [5, 5.41) is 22.9. The Balaban J connectivity index is 0.947. The van der Waals surface area contributed by atoms with Gasteiger partial charge in [0.1, 0.15) is 47.4 Å². The highest BCUT2D eigenvalue weighted by molar-refractivity contribution is 8.20. The first kappa shape index (κ1) is 63.3. The van der Waals surface area contributed by atoms with E-state index in [2.05, 4.69) is 15.5 Å². The van der Waals surface area contributed by atoms with Crippen molar-refractivity contribution in [1.29, 1.82) is 0 Å². The van der Waals surface area contributed by atoms with Crippen LogP contribution in [0.2, 0.25) is 5.02 Å². The zero-order chi connectivity index (χ0) is 63.3. The van der Waals surface area contributed by atoms with E-state index in [0.717, 1.165) is 46.0 Å². The zero-order valence-electron chi connectivity index (χ0n) is 49.5. The number of thiazole rings is 1. The van der Waals surface area contributed by atoms with Crippen molar-refractivity contribution in [1.82, 2.24) is 20.1 Å². The molecule has 0 radical (unpaired) electrons. The fraction of sp³-hybridized carbons (Fsp3) is 0.292. The molecule has 24 heteroatoms. The van der Waals surface area contributed by atoms with Gasteiger partial charge in [-0.15, -0.1) is 34.9 Å². The van der Waals surface area contributed by atoms with E-state index >= 15 is 4.79 Å². The summed E-state index contributed by atoms with van der Waals surface area (Å²) < 4.78 is 27.6. The Bertz CT molecular complexity index is 3700. The normalized spacial score (nSPS) is 17.8. The number of ether oxygens (including phenoxy) is 5. The number of aliphatic carboxylic acids is 1. The number of oxime groups is 2. The number of carbonyl (C=O) groups is 5. The van der Waals surface area contributed by atoms with Crippen LogP contribution in [0.3, 0.4) is 0 Å². The number of β-lactam (4-membered cyclic amide) rings is 1. The summed E-state index contributed by atoms with van der Waals surface area (Å²) in [6, 6.07) is 45.4. The number of rotatable bonds is 24. The highest BCUT2D eigenvalue weighted by atomic mass is 35.5.